The van der Waals surface area contributed by atoms with Crippen LogP contribution < -0.4 is 0 Å². The second-order valence-electron chi connectivity index (χ2n) is 9.24. The summed E-state index contributed by atoms with van der Waals surface area (Å²) in [6, 6.07) is 9.92. The first-order valence-corrected chi connectivity index (χ1v) is 13.1. The number of β-amino-alcohol motifs (C(OH)–C–C–N with tert-alkyl or cyclic N) is 1. The molecule has 2 aromatic carbocycles. The highest BCUT2D eigenvalue weighted by Gasteiger charge is 2.27. The minimum absolute atomic E-state index is 0.0920. The Balaban J connectivity index is 1.57. The van der Waals surface area contributed by atoms with Crippen molar-refractivity contribution in [3.8, 4) is 0 Å². The number of ether oxygens (including phenoxy) is 2. The lowest BCUT2D eigenvalue weighted by atomic mass is 9.96. The number of esters is 1. The van der Waals surface area contributed by atoms with Gasteiger partial charge in [0, 0.05) is 19.0 Å². The second kappa shape index (κ2) is 14.0. The molecule has 1 aliphatic rings. The molecule has 1 aliphatic heterocycles. The van der Waals surface area contributed by atoms with Crippen LogP contribution in [0.2, 0.25) is 5.02 Å². The lowest BCUT2D eigenvalue weighted by Gasteiger charge is -2.28. The number of aliphatic hydroxyl groups is 1. The largest absolute Gasteiger partial charge is 0.466 e. The molecule has 3 rings (SSSR count). The van der Waals surface area contributed by atoms with E-state index in [9.17, 15) is 18.7 Å². The maximum atomic E-state index is 14.6. The van der Waals surface area contributed by atoms with Crippen molar-refractivity contribution < 1.29 is 28.2 Å². The number of carbonyl (C=O) groups is 1. The van der Waals surface area contributed by atoms with Gasteiger partial charge in [-0.15, -0.1) is 0 Å². The van der Waals surface area contributed by atoms with E-state index in [4.69, 9.17) is 21.1 Å². The molecule has 0 aromatic heterocycles. The molecular formula is C28H36ClF2NO4. The Labute approximate surface area is 217 Å². The molecule has 2 aromatic rings. The van der Waals surface area contributed by atoms with Crippen LogP contribution in [0.3, 0.4) is 0 Å². The fourth-order valence-electron chi connectivity index (χ4n) is 4.88. The van der Waals surface area contributed by atoms with Crippen molar-refractivity contribution in [2.75, 3.05) is 26.3 Å². The Morgan fingerprint density at radius 1 is 1.22 bits per heavy atom. The zero-order valence-corrected chi connectivity index (χ0v) is 21.8. The molecule has 0 radical (unpaired) electrons. The molecule has 36 heavy (non-hydrogen) atoms. The number of benzene rings is 2. The number of carbonyl (C=O) groups excluding carboxylic acids is 1. The summed E-state index contributed by atoms with van der Waals surface area (Å²) in [5.41, 5.74) is 2.02. The van der Waals surface area contributed by atoms with Crippen LogP contribution in [0.1, 0.15) is 62.3 Å². The predicted octanol–water partition coefficient (Wildman–Crippen LogP) is 5.65. The SMILES string of the molecule is CCOC(=O)CCc1c(F)cccc1[C@@H](CC)OC[C@H](O)CN1CCC[C@H]1Cc1ccc(Cl)c(F)c1. The normalized spacial score (nSPS) is 17.8. The summed E-state index contributed by atoms with van der Waals surface area (Å²) in [5, 5.41) is 10.9. The standard InChI is InChI=1S/C28H36ClF2NO4/c1-3-27(23-8-5-9-25(30)22(23)11-13-28(34)35-4-2)36-18-21(33)17-32-14-6-7-20(32)15-19-10-12-24(29)26(31)16-19/h5,8-10,12,16,20-21,27,33H,3-4,6-7,11,13-15,17-18H2,1-2H3/t20-,21+,27+/m0/s1. The van der Waals surface area contributed by atoms with Gasteiger partial charge in [-0.05, 0) is 80.5 Å². The molecule has 1 saturated heterocycles. The monoisotopic (exact) mass is 523 g/mol. The molecule has 0 aliphatic carbocycles. The fraction of sp³-hybridized carbons (Fsp3) is 0.536. The number of aliphatic hydroxyl groups excluding tert-OH is 1. The third-order valence-corrected chi connectivity index (χ3v) is 6.95. The van der Waals surface area contributed by atoms with E-state index in [-0.39, 0.29) is 48.9 Å². The molecule has 0 amide bonds. The Morgan fingerprint density at radius 3 is 2.75 bits per heavy atom. The number of hydrogen-bond acceptors (Lipinski definition) is 5. The maximum absolute atomic E-state index is 14.6. The number of likely N-dealkylation sites (tertiary alicyclic amines) is 1. The van der Waals surface area contributed by atoms with Crippen LogP contribution in [0.5, 0.6) is 0 Å². The molecule has 5 nitrogen and oxygen atoms in total. The summed E-state index contributed by atoms with van der Waals surface area (Å²) in [7, 11) is 0. The molecule has 1 heterocycles. The predicted molar refractivity (Wildman–Crippen MR) is 136 cm³/mol. The van der Waals surface area contributed by atoms with Crippen molar-refractivity contribution in [1.82, 2.24) is 4.90 Å². The van der Waals surface area contributed by atoms with Gasteiger partial charge < -0.3 is 14.6 Å². The van der Waals surface area contributed by atoms with E-state index in [1.54, 1.807) is 19.1 Å². The zero-order chi connectivity index (χ0) is 26.1. The smallest absolute Gasteiger partial charge is 0.306 e. The van der Waals surface area contributed by atoms with Crippen LogP contribution in [0, 0.1) is 11.6 Å². The minimum Gasteiger partial charge on any atom is -0.466 e. The van der Waals surface area contributed by atoms with Gasteiger partial charge in [-0.1, -0.05) is 36.7 Å². The van der Waals surface area contributed by atoms with Gasteiger partial charge in [-0.2, -0.15) is 0 Å². The number of hydrogen-bond donors (Lipinski definition) is 1. The minimum atomic E-state index is -0.724. The first kappa shape index (κ1) is 28.5. The van der Waals surface area contributed by atoms with E-state index in [1.165, 1.54) is 12.1 Å². The Morgan fingerprint density at radius 2 is 2.03 bits per heavy atom. The number of nitrogens with zero attached hydrogens (tertiary/aromatic N) is 1. The molecular weight excluding hydrogens is 488 g/mol. The van der Waals surface area contributed by atoms with Gasteiger partial charge in [0.2, 0.25) is 0 Å². The van der Waals surface area contributed by atoms with E-state index in [0.29, 0.717) is 30.5 Å². The molecule has 198 valence electrons. The summed E-state index contributed by atoms with van der Waals surface area (Å²) in [6.07, 6.45) is 2.46. The third-order valence-electron chi connectivity index (χ3n) is 6.65. The van der Waals surface area contributed by atoms with Gasteiger partial charge in [0.05, 0.1) is 30.4 Å². The fourth-order valence-corrected chi connectivity index (χ4v) is 5.00. The van der Waals surface area contributed by atoms with Gasteiger partial charge in [0.1, 0.15) is 11.6 Å². The lowest BCUT2D eigenvalue weighted by Crippen LogP contribution is -2.39. The van der Waals surface area contributed by atoms with Crippen LogP contribution in [0.25, 0.3) is 0 Å². The van der Waals surface area contributed by atoms with E-state index in [2.05, 4.69) is 4.90 Å². The summed E-state index contributed by atoms with van der Waals surface area (Å²) in [6.45, 7) is 5.37. The molecule has 0 bridgehead atoms. The van der Waals surface area contributed by atoms with Crippen LogP contribution >= 0.6 is 11.6 Å². The highest BCUT2D eigenvalue weighted by atomic mass is 35.5. The highest BCUT2D eigenvalue weighted by Crippen LogP contribution is 2.28. The Kier molecular flexibility index (Phi) is 11.1. The average Bonchev–Trinajstić information content (AvgIpc) is 3.27. The number of halogens is 3. The van der Waals surface area contributed by atoms with Crippen molar-refractivity contribution in [3.05, 3.63) is 69.7 Å². The van der Waals surface area contributed by atoms with Crippen LogP contribution in [0.15, 0.2) is 36.4 Å². The summed E-state index contributed by atoms with van der Waals surface area (Å²) < 4.78 is 39.5. The molecule has 0 unspecified atom stereocenters. The molecule has 0 saturated carbocycles. The highest BCUT2D eigenvalue weighted by molar-refractivity contribution is 6.30. The second-order valence-corrected chi connectivity index (χ2v) is 9.65. The van der Waals surface area contributed by atoms with Crippen LogP contribution in [-0.2, 0) is 27.1 Å². The van der Waals surface area contributed by atoms with Gasteiger partial charge in [-0.25, -0.2) is 8.78 Å². The van der Waals surface area contributed by atoms with Gasteiger partial charge in [-0.3, -0.25) is 9.69 Å². The van der Waals surface area contributed by atoms with Crippen LogP contribution in [-0.4, -0.2) is 54.4 Å². The molecule has 8 heteroatoms. The summed E-state index contributed by atoms with van der Waals surface area (Å²) in [5.74, 6) is -1.16. The Bertz CT molecular complexity index is 1010. The van der Waals surface area contributed by atoms with Crippen molar-refractivity contribution >= 4 is 17.6 Å². The molecule has 1 N–H and O–H groups in total. The van der Waals surface area contributed by atoms with E-state index < -0.39 is 18.0 Å². The van der Waals surface area contributed by atoms with Crippen molar-refractivity contribution in [1.29, 1.82) is 0 Å². The first-order valence-electron chi connectivity index (χ1n) is 12.7. The van der Waals surface area contributed by atoms with Crippen molar-refractivity contribution in [3.63, 3.8) is 0 Å². The van der Waals surface area contributed by atoms with Crippen molar-refractivity contribution in [2.45, 2.75) is 70.6 Å². The summed E-state index contributed by atoms with van der Waals surface area (Å²) in [4.78, 5) is 14.0. The average molecular weight is 524 g/mol. The van der Waals surface area contributed by atoms with E-state index >= 15 is 0 Å². The molecule has 1 fully saturated rings. The molecule has 3 atom stereocenters. The van der Waals surface area contributed by atoms with Gasteiger partial charge in [0.25, 0.3) is 0 Å². The van der Waals surface area contributed by atoms with E-state index in [1.807, 2.05) is 19.1 Å². The van der Waals surface area contributed by atoms with Crippen LogP contribution in [0.4, 0.5) is 8.78 Å². The Hall–Kier alpha value is -2.06. The van der Waals surface area contributed by atoms with Gasteiger partial charge >= 0.3 is 5.97 Å². The quantitative estimate of drug-likeness (QED) is 0.344. The first-order chi connectivity index (χ1) is 17.3. The van der Waals surface area contributed by atoms with Gasteiger partial charge in [0.15, 0.2) is 0 Å². The summed E-state index contributed by atoms with van der Waals surface area (Å²) >= 11 is 5.80. The zero-order valence-electron chi connectivity index (χ0n) is 21.0. The third kappa shape index (κ3) is 7.97. The maximum Gasteiger partial charge on any atom is 0.306 e. The molecule has 0 spiro atoms. The van der Waals surface area contributed by atoms with E-state index in [0.717, 1.165) is 24.9 Å². The topological polar surface area (TPSA) is 59.0 Å². The van der Waals surface area contributed by atoms with Crippen molar-refractivity contribution in [2.24, 2.45) is 0 Å². The lowest BCUT2D eigenvalue weighted by molar-refractivity contribution is -0.143. The number of rotatable bonds is 13.